The normalized spacial score (nSPS) is 13.2. The van der Waals surface area contributed by atoms with Crippen LogP contribution in [0.25, 0.3) is 0 Å². The Morgan fingerprint density at radius 1 is 1.33 bits per heavy atom. The molecule has 0 bridgehead atoms. The lowest BCUT2D eigenvalue weighted by Crippen LogP contribution is -2.34. The number of rotatable bonds is 4. The fourth-order valence-corrected chi connectivity index (χ4v) is 1.90. The van der Waals surface area contributed by atoms with Gasteiger partial charge in [-0.3, -0.25) is 4.79 Å². The molecule has 0 aliphatic carbocycles. The fraction of sp³-hybridized carbons (Fsp3) is 0.533. The van der Waals surface area contributed by atoms with Gasteiger partial charge in [-0.2, -0.15) is 0 Å². The van der Waals surface area contributed by atoms with Gasteiger partial charge in [-0.1, -0.05) is 39.0 Å². The maximum absolute atomic E-state index is 12.2. The average molecular weight is 249 g/mol. The molecule has 3 nitrogen and oxygen atoms in total. The molecule has 0 fully saturated rings. The molecule has 2 N–H and O–H groups in total. The molecule has 18 heavy (non-hydrogen) atoms. The lowest BCUT2D eigenvalue weighted by atomic mass is 9.83. The summed E-state index contributed by atoms with van der Waals surface area (Å²) in [6.07, 6.45) is 0.573. The van der Waals surface area contributed by atoms with Gasteiger partial charge < -0.3 is 10.4 Å². The Morgan fingerprint density at radius 3 is 2.50 bits per heavy atom. The highest BCUT2D eigenvalue weighted by atomic mass is 16.3. The van der Waals surface area contributed by atoms with Gasteiger partial charge in [-0.05, 0) is 30.4 Å². The maximum Gasteiger partial charge on any atom is 0.251 e. The zero-order chi connectivity index (χ0) is 13.8. The fourth-order valence-electron chi connectivity index (χ4n) is 1.90. The molecule has 0 saturated heterocycles. The van der Waals surface area contributed by atoms with E-state index >= 15 is 0 Å². The molecule has 0 aromatic heterocycles. The van der Waals surface area contributed by atoms with E-state index in [2.05, 4.69) is 26.1 Å². The van der Waals surface area contributed by atoms with Crippen molar-refractivity contribution in [1.29, 1.82) is 0 Å². The summed E-state index contributed by atoms with van der Waals surface area (Å²) in [5.41, 5.74) is 1.70. The molecule has 1 rings (SSSR count). The predicted octanol–water partition coefficient (Wildman–Crippen LogP) is 2.48. The van der Waals surface area contributed by atoms with Gasteiger partial charge in [0, 0.05) is 18.2 Å². The molecular weight excluding hydrogens is 226 g/mol. The van der Waals surface area contributed by atoms with Gasteiger partial charge in [0.2, 0.25) is 0 Å². The molecule has 1 aromatic rings. The zero-order valence-electron chi connectivity index (χ0n) is 11.7. The Labute approximate surface area is 109 Å². The van der Waals surface area contributed by atoms with Crippen molar-refractivity contribution in [3.05, 3.63) is 35.4 Å². The van der Waals surface area contributed by atoms with Crippen LogP contribution in [-0.2, 0) is 5.41 Å². The molecule has 0 aliphatic heterocycles. The first kappa shape index (κ1) is 14.7. The SMILES string of the molecule is CC(CCO)NC(=O)c1ccccc1C(C)(C)C. The largest absolute Gasteiger partial charge is 0.396 e. The highest BCUT2D eigenvalue weighted by Gasteiger charge is 2.21. The number of hydrogen-bond donors (Lipinski definition) is 2. The van der Waals surface area contributed by atoms with E-state index < -0.39 is 0 Å². The van der Waals surface area contributed by atoms with Crippen molar-refractivity contribution in [2.24, 2.45) is 0 Å². The number of benzene rings is 1. The van der Waals surface area contributed by atoms with Crippen molar-refractivity contribution >= 4 is 5.91 Å². The molecule has 0 radical (unpaired) electrons. The predicted molar refractivity (Wildman–Crippen MR) is 73.8 cm³/mol. The minimum atomic E-state index is -0.0681. The molecule has 0 aliphatic rings. The molecule has 0 heterocycles. The Balaban J connectivity index is 2.93. The summed E-state index contributed by atoms with van der Waals surface area (Å²) >= 11 is 0. The number of carbonyl (C=O) groups excluding carboxylic acids is 1. The second-order valence-corrected chi connectivity index (χ2v) is 5.68. The van der Waals surface area contributed by atoms with Crippen LogP contribution in [0.1, 0.15) is 50.0 Å². The minimum absolute atomic E-state index is 0.0180. The van der Waals surface area contributed by atoms with Crippen molar-refractivity contribution in [2.45, 2.75) is 45.6 Å². The van der Waals surface area contributed by atoms with Crippen molar-refractivity contribution < 1.29 is 9.90 Å². The first-order chi connectivity index (χ1) is 8.36. The van der Waals surface area contributed by atoms with Crippen LogP contribution >= 0.6 is 0 Å². The van der Waals surface area contributed by atoms with Gasteiger partial charge in [-0.25, -0.2) is 0 Å². The number of carbonyl (C=O) groups is 1. The standard InChI is InChI=1S/C15H23NO2/c1-11(9-10-17)16-14(18)12-7-5-6-8-13(12)15(2,3)4/h5-8,11,17H,9-10H2,1-4H3,(H,16,18). The summed E-state index contributed by atoms with van der Waals surface area (Å²) in [7, 11) is 0. The third kappa shape index (κ3) is 3.84. The van der Waals surface area contributed by atoms with E-state index in [1.54, 1.807) is 0 Å². The molecule has 1 aromatic carbocycles. The molecular formula is C15H23NO2. The van der Waals surface area contributed by atoms with E-state index in [0.29, 0.717) is 6.42 Å². The second kappa shape index (κ2) is 6.01. The number of amides is 1. The van der Waals surface area contributed by atoms with Crippen LogP contribution in [0.3, 0.4) is 0 Å². The first-order valence-corrected chi connectivity index (χ1v) is 6.37. The number of nitrogens with one attached hydrogen (secondary N) is 1. The van der Waals surface area contributed by atoms with E-state index in [9.17, 15) is 4.79 Å². The lowest BCUT2D eigenvalue weighted by Gasteiger charge is -2.23. The van der Waals surface area contributed by atoms with Crippen LogP contribution < -0.4 is 5.32 Å². The van der Waals surface area contributed by atoms with E-state index in [1.165, 1.54) is 0 Å². The molecule has 0 spiro atoms. The average Bonchev–Trinajstić information content (AvgIpc) is 2.28. The topological polar surface area (TPSA) is 49.3 Å². The van der Waals surface area contributed by atoms with Crippen LogP contribution in [-0.4, -0.2) is 23.7 Å². The minimum Gasteiger partial charge on any atom is -0.396 e. The summed E-state index contributed by atoms with van der Waals surface area (Å²) in [4.78, 5) is 12.2. The van der Waals surface area contributed by atoms with E-state index in [1.807, 2.05) is 31.2 Å². The molecule has 1 unspecified atom stereocenters. The molecule has 1 atom stereocenters. The summed E-state index contributed by atoms with van der Waals surface area (Å²) in [5.74, 6) is -0.0681. The maximum atomic E-state index is 12.2. The van der Waals surface area contributed by atoms with Gasteiger partial charge in [0.1, 0.15) is 0 Å². The smallest absolute Gasteiger partial charge is 0.251 e. The van der Waals surface area contributed by atoms with Gasteiger partial charge in [-0.15, -0.1) is 0 Å². The Kier molecular flexibility index (Phi) is 4.91. The first-order valence-electron chi connectivity index (χ1n) is 6.37. The summed E-state index contributed by atoms with van der Waals surface area (Å²) in [5, 5.41) is 11.8. The van der Waals surface area contributed by atoms with Crippen LogP contribution in [0, 0.1) is 0 Å². The Morgan fingerprint density at radius 2 is 1.94 bits per heavy atom. The van der Waals surface area contributed by atoms with Crippen molar-refractivity contribution in [1.82, 2.24) is 5.32 Å². The Hall–Kier alpha value is -1.35. The number of hydrogen-bond acceptors (Lipinski definition) is 2. The van der Waals surface area contributed by atoms with Crippen LogP contribution in [0.5, 0.6) is 0 Å². The third-order valence-corrected chi connectivity index (χ3v) is 2.92. The van der Waals surface area contributed by atoms with E-state index in [0.717, 1.165) is 11.1 Å². The number of aliphatic hydroxyl groups excluding tert-OH is 1. The quantitative estimate of drug-likeness (QED) is 0.861. The van der Waals surface area contributed by atoms with Crippen molar-refractivity contribution in [3.63, 3.8) is 0 Å². The lowest BCUT2D eigenvalue weighted by molar-refractivity contribution is 0.0932. The van der Waals surface area contributed by atoms with Crippen LogP contribution in [0.2, 0.25) is 0 Å². The van der Waals surface area contributed by atoms with Gasteiger partial charge >= 0.3 is 0 Å². The van der Waals surface area contributed by atoms with E-state index in [4.69, 9.17) is 5.11 Å². The van der Waals surface area contributed by atoms with Gasteiger partial charge in [0.15, 0.2) is 0 Å². The van der Waals surface area contributed by atoms with E-state index in [-0.39, 0.29) is 24.0 Å². The van der Waals surface area contributed by atoms with Crippen molar-refractivity contribution in [2.75, 3.05) is 6.61 Å². The second-order valence-electron chi connectivity index (χ2n) is 5.68. The molecule has 3 heteroatoms. The number of aliphatic hydroxyl groups is 1. The van der Waals surface area contributed by atoms with Gasteiger partial charge in [0.05, 0.1) is 0 Å². The zero-order valence-corrected chi connectivity index (χ0v) is 11.7. The highest BCUT2D eigenvalue weighted by Crippen LogP contribution is 2.25. The van der Waals surface area contributed by atoms with Gasteiger partial charge in [0.25, 0.3) is 5.91 Å². The molecule has 100 valence electrons. The molecule has 1 amide bonds. The summed E-state index contributed by atoms with van der Waals surface area (Å²) in [6.45, 7) is 8.26. The summed E-state index contributed by atoms with van der Waals surface area (Å²) < 4.78 is 0. The monoisotopic (exact) mass is 249 g/mol. The van der Waals surface area contributed by atoms with Crippen LogP contribution in [0.15, 0.2) is 24.3 Å². The molecule has 0 saturated carbocycles. The summed E-state index contributed by atoms with van der Waals surface area (Å²) in [6, 6.07) is 7.65. The Bertz CT molecular complexity index is 407. The van der Waals surface area contributed by atoms with Crippen molar-refractivity contribution in [3.8, 4) is 0 Å². The third-order valence-electron chi connectivity index (χ3n) is 2.92. The van der Waals surface area contributed by atoms with Crippen LogP contribution in [0.4, 0.5) is 0 Å². The highest BCUT2D eigenvalue weighted by molar-refractivity contribution is 5.96.